The molecular formula is C21H20O6. The summed E-state index contributed by atoms with van der Waals surface area (Å²) in [5.74, 6) is -0.315. The summed E-state index contributed by atoms with van der Waals surface area (Å²) in [6.07, 6.45) is 5.21. The number of allylic oxidation sites excluding steroid dienone is 2. The van der Waals surface area contributed by atoms with Crippen molar-refractivity contribution in [1.82, 2.24) is 0 Å². The second kappa shape index (κ2) is 9.94. The van der Waals surface area contributed by atoms with E-state index in [2.05, 4.69) is 0 Å². The number of carbonyl (C=O) groups is 2. The van der Waals surface area contributed by atoms with Crippen LogP contribution in [0, 0.1) is 0 Å². The van der Waals surface area contributed by atoms with Crippen LogP contribution in [0.15, 0.2) is 54.6 Å². The van der Waals surface area contributed by atoms with Gasteiger partial charge in [-0.25, -0.2) is 0 Å². The number of ether oxygens (including phenoxy) is 2. The van der Waals surface area contributed by atoms with E-state index in [1.165, 1.54) is 43.5 Å². The number of rotatable bonds is 9. The van der Waals surface area contributed by atoms with Crippen LogP contribution in [0.1, 0.15) is 17.5 Å². The number of methoxy groups -OCH3 is 1. The molecule has 0 aliphatic carbocycles. The van der Waals surface area contributed by atoms with Crippen molar-refractivity contribution >= 4 is 23.7 Å². The maximum Gasteiger partial charge on any atom is 0.188 e. The zero-order valence-electron chi connectivity index (χ0n) is 14.8. The van der Waals surface area contributed by atoms with Gasteiger partial charge in [-0.05, 0) is 48.1 Å². The van der Waals surface area contributed by atoms with Crippen molar-refractivity contribution in [3.63, 3.8) is 0 Å². The number of phenolic OH excluding ortho intramolecular Hbond substituents is 2. The molecule has 0 bridgehead atoms. The summed E-state index contributed by atoms with van der Waals surface area (Å²) >= 11 is 0. The Hall–Kier alpha value is -3.38. The van der Waals surface area contributed by atoms with Gasteiger partial charge in [-0.1, -0.05) is 24.3 Å². The van der Waals surface area contributed by atoms with Crippen LogP contribution in [-0.2, 0) is 14.3 Å². The van der Waals surface area contributed by atoms with E-state index in [1.54, 1.807) is 30.3 Å². The Labute approximate surface area is 157 Å². The summed E-state index contributed by atoms with van der Waals surface area (Å²) in [7, 11) is 1.47. The summed E-state index contributed by atoms with van der Waals surface area (Å²) < 4.78 is 10.2. The molecule has 6 heteroatoms. The van der Waals surface area contributed by atoms with E-state index in [1.807, 2.05) is 0 Å². The number of ketones is 2. The Kier molecular flexibility index (Phi) is 7.34. The van der Waals surface area contributed by atoms with Gasteiger partial charge in [-0.15, -0.1) is 0 Å². The fraction of sp³-hybridized carbons (Fsp3) is 0.143. The van der Waals surface area contributed by atoms with E-state index in [4.69, 9.17) is 9.47 Å². The molecule has 2 aromatic rings. The first-order valence-corrected chi connectivity index (χ1v) is 8.14. The number of hydrogen-bond donors (Lipinski definition) is 2. The lowest BCUT2D eigenvalue weighted by atomic mass is 10.1. The number of hydrogen-bond acceptors (Lipinski definition) is 6. The Morgan fingerprint density at radius 2 is 1.63 bits per heavy atom. The summed E-state index contributed by atoms with van der Waals surface area (Å²) in [6.45, 7) is -0.00121. The van der Waals surface area contributed by atoms with Gasteiger partial charge >= 0.3 is 0 Å². The maximum absolute atomic E-state index is 12.0. The molecule has 0 aliphatic rings. The molecular weight excluding hydrogens is 348 g/mol. The van der Waals surface area contributed by atoms with Crippen molar-refractivity contribution in [1.29, 1.82) is 0 Å². The van der Waals surface area contributed by atoms with Crippen LogP contribution in [0.3, 0.4) is 0 Å². The number of phenols is 2. The number of aromatic hydroxyl groups is 2. The molecule has 0 heterocycles. The third-order valence-corrected chi connectivity index (χ3v) is 3.51. The van der Waals surface area contributed by atoms with Gasteiger partial charge < -0.3 is 19.7 Å². The van der Waals surface area contributed by atoms with Gasteiger partial charge in [0.2, 0.25) is 0 Å². The fourth-order valence-corrected chi connectivity index (χ4v) is 2.19. The molecule has 0 fully saturated rings. The van der Waals surface area contributed by atoms with Gasteiger partial charge in [0.1, 0.15) is 17.2 Å². The molecule has 0 amide bonds. The van der Waals surface area contributed by atoms with Crippen molar-refractivity contribution in [2.24, 2.45) is 0 Å². The van der Waals surface area contributed by atoms with Gasteiger partial charge in [0.15, 0.2) is 18.4 Å². The molecule has 27 heavy (non-hydrogen) atoms. The number of benzene rings is 2. The average Bonchev–Trinajstić information content (AvgIpc) is 2.65. The molecule has 2 aromatic carbocycles. The molecule has 2 N–H and O–H groups in total. The lowest BCUT2D eigenvalue weighted by molar-refractivity contribution is -0.121. The Morgan fingerprint density at radius 1 is 0.963 bits per heavy atom. The predicted molar refractivity (Wildman–Crippen MR) is 101 cm³/mol. The molecule has 0 unspecified atom stereocenters. The minimum atomic E-state index is -0.406. The van der Waals surface area contributed by atoms with E-state index in [9.17, 15) is 19.8 Å². The summed E-state index contributed by atoms with van der Waals surface area (Å²) in [4.78, 5) is 23.9. The first-order chi connectivity index (χ1) is 13.0. The largest absolute Gasteiger partial charge is 0.508 e. The first kappa shape index (κ1) is 19.9. The highest BCUT2D eigenvalue weighted by Crippen LogP contribution is 2.29. The van der Waals surface area contributed by atoms with Crippen molar-refractivity contribution in [3.05, 3.63) is 65.7 Å². The van der Waals surface area contributed by atoms with E-state index >= 15 is 0 Å². The Balaban J connectivity index is 1.98. The quantitative estimate of drug-likeness (QED) is 0.401. The van der Waals surface area contributed by atoms with E-state index in [0.717, 1.165) is 5.56 Å². The predicted octanol–water partition coefficient (Wildman–Crippen LogP) is 3.34. The summed E-state index contributed by atoms with van der Waals surface area (Å²) in [5, 5.41) is 19.2. The zero-order chi connectivity index (χ0) is 19.6. The molecule has 0 spiro atoms. The van der Waals surface area contributed by atoms with Gasteiger partial charge in [-0.2, -0.15) is 0 Å². The SMILES string of the molecule is COCOc1cccc(O)c1C=CC(=O)CC(=O)C=Cc1ccc(O)cc1. The molecule has 0 aromatic heterocycles. The minimum absolute atomic E-state index is 0.00121. The highest BCUT2D eigenvalue weighted by Gasteiger charge is 2.08. The van der Waals surface area contributed by atoms with Crippen LogP contribution < -0.4 is 4.74 Å². The third-order valence-electron chi connectivity index (χ3n) is 3.51. The Bertz CT molecular complexity index is 849. The summed E-state index contributed by atoms with van der Waals surface area (Å²) in [5.41, 5.74) is 1.06. The van der Waals surface area contributed by atoms with Crippen LogP contribution in [0.25, 0.3) is 12.2 Å². The molecule has 0 atom stereocenters. The fourth-order valence-electron chi connectivity index (χ4n) is 2.19. The minimum Gasteiger partial charge on any atom is -0.508 e. The van der Waals surface area contributed by atoms with Crippen LogP contribution in [0.5, 0.6) is 17.2 Å². The standard InChI is InChI=1S/C21H20O6/c1-26-14-27-21-4-2-3-20(25)19(21)12-11-18(24)13-17(23)10-7-15-5-8-16(22)9-6-15/h2-12,22,25H,13-14H2,1H3. The van der Waals surface area contributed by atoms with Crippen molar-refractivity contribution in [2.45, 2.75) is 6.42 Å². The van der Waals surface area contributed by atoms with E-state index in [-0.39, 0.29) is 30.5 Å². The third kappa shape index (κ3) is 6.45. The lowest BCUT2D eigenvalue weighted by Crippen LogP contribution is -2.02. The highest BCUT2D eigenvalue weighted by atomic mass is 16.7. The zero-order valence-corrected chi connectivity index (χ0v) is 14.8. The van der Waals surface area contributed by atoms with Crippen molar-refractivity contribution in [3.8, 4) is 17.2 Å². The summed E-state index contributed by atoms with van der Waals surface area (Å²) in [6, 6.07) is 11.0. The second-order valence-corrected chi connectivity index (χ2v) is 5.61. The first-order valence-electron chi connectivity index (χ1n) is 8.14. The normalized spacial score (nSPS) is 11.1. The van der Waals surface area contributed by atoms with Gasteiger partial charge in [0.25, 0.3) is 0 Å². The molecule has 2 rings (SSSR count). The second-order valence-electron chi connectivity index (χ2n) is 5.61. The monoisotopic (exact) mass is 368 g/mol. The lowest BCUT2D eigenvalue weighted by Gasteiger charge is -2.09. The van der Waals surface area contributed by atoms with E-state index in [0.29, 0.717) is 11.3 Å². The molecule has 0 aliphatic heterocycles. The van der Waals surface area contributed by atoms with Crippen LogP contribution in [-0.4, -0.2) is 35.7 Å². The van der Waals surface area contributed by atoms with E-state index < -0.39 is 5.78 Å². The maximum atomic E-state index is 12.0. The molecule has 0 saturated carbocycles. The van der Waals surface area contributed by atoms with Gasteiger partial charge in [-0.3, -0.25) is 9.59 Å². The molecule has 0 saturated heterocycles. The topological polar surface area (TPSA) is 93.1 Å². The van der Waals surface area contributed by atoms with Gasteiger partial charge in [0.05, 0.1) is 12.0 Å². The smallest absolute Gasteiger partial charge is 0.188 e. The number of carbonyl (C=O) groups excluding carboxylic acids is 2. The van der Waals surface area contributed by atoms with Crippen LogP contribution in [0.2, 0.25) is 0 Å². The van der Waals surface area contributed by atoms with Gasteiger partial charge in [0, 0.05) is 7.11 Å². The van der Waals surface area contributed by atoms with Crippen LogP contribution in [0.4, 0.5) is 0 Å². The van der Waals surface area contributed by atoms with Crippen LogP contribution >= 0.6 is 0 Å². The average molecular weight is 368 g/mol. The highest BCUT2D eigenvalue weighted by molar-refractivity contribution is 6.11. The molecule has 0 radical (unpaired) electrons. The van der Waals surface area contributed by atoms with Crippen molar-refractivity contribution in [2.75, 3.05) is 13.9 Å². The molecule has 140 valence electrons. The molecule has 6 nitrogen and oxygen atoms in total. The van der Waals surface area contributed by atoms with Crippen molar-refractivity contribution < 1.29 is 29.3 Å². The Morgan fingerprint density at radius 3 is 2.30 bits per heavy atom.